The molecule has 1 aromatic carbocycles. The number of amides is 2. The van der Waals surface area contributed by atoms with Crippen molar-refractivity contribution in [3.63, 3.8) is 0 Å². The highest BCUT2D eigenvalue weighted by atomic mass is 16.6. The number of imidazole rings is 1. The van der Waals surface area contributed by atoms with Gasteiger partial charge in [0.25, 0.3) is 5.91 Å². The SMILES string of the molecule is COc1nc(-n2cnc3c2CCN(C(=O)OC(C)(C)C)C3)ccc1NC(=O)c1c(-c2ccccc2)noc1C. The van der Waals surface area contributed by atoms with Crippen LogP contribution in [0.5, 0.6) is 5.88 Å². The Hall–Kier alpha value is -4.67. The maximum Gasteiger partial charge on any atom is 0.410 e. The van der Waals surface area contributed by atoms with Crippen LogP contribution in [0.2, 0.25) is 0 Å². The third-order valence-electron chi connectivity index (χ3n) is 6.23. The zero-order chi connectivity index (χ0) is 27.7. The van der Waals surface area contributed by atoms with Crippen LogP contribution in [0.1, 0.15) is 48.3 Å². The van der Waals surface area contributed by atoms with Crippen LogP contribution in [0.4, 0.5) is 10.5 Å². The third kappa shape index (κ3) is 5.33. The van der Waals surface area contributed by atoms with E-state index in [1.165, 1.54) is 7.11 Å². The summed E-state index contributed by atoms with van der Waals surface area (Å²) in [6, 6.07) is 12.9. The molecule has 0 aliphatic carbocycles. The Balaban J connectivity index is 1.36. The van der Waals surface area contributed by atoms with E-state index >= 15 is 0 Å². The second-order valence-corrected chi connectivity index (χ2v) is 10.2. The number of methoxy groups -OCH3 is 1. The Bertz CT molecular complexity index is 1520. The first-order valence-corrected chi connectivity index (χ1v) is 12.6. The van der Waals surface area contributed by atoms with Gasteiger partial charge < -0.3 is 24.2 Å². The first kappa shape index (κ1) is 26.0. The van der Waals surface area contributed by atoms with Crippen molar-refractivity contribution in [2.24, 2.45) is 0 Å². The van der Waals surface area contributed by atoms with Gasteiger partial charge in [0, 0.05) is 18.5 Å². The number of nitrogens with one attached hydrogen (secondary N) is 1. The van der Waals surface area contributed by atoms with E-state index < -0.39 is 5.60 Å². The second-order valence-electron chi connectivity index (χ2n) is 10.2. The van der Waals surface area contributed by atoms with E-state index in [2.05, 4.69) is 20.4 Å². The minimum atomic E-state index is -0.565. The number of pyridine rings is 1. The zero-order valence-corrected chi connectivity index (χ0v) is 22.5. The lowest BCUT2D eigenvalue weighted by Crippen LogP contribution is -2.40. The molecule has 0 radical (unpaired) electrons. The van der Waals surface area contributed by atoms with E-state index in [4.69, 9.17) is 14.0 Å². The molecule has 1 aliphatic rings. The van der Waals surface area contributed by atoms with Crippen LogP contribution in [0.3, 0.4) is 0 Å². The van der Waals surface area contributed by atoms with Gasteiger partial charge in [-0.05, 0) is 39.8 Å². The molecule has 4 aromatic rings. The summed E-state index contributed by atoms with van der Waals surface area (Å²) in [4.78, 5) is 36.6. The average molecular weight is 531 g/mol. The van der Waals surface area contributed by atoms with Crippen molar-refractivity contribution in [2.75, 3.05) is 19.0 Å². The summed E-state index contributed by atoms with van der Waals surface area (Å²) < 4.78 is 18.2. The molecule has 2 amide bonds. The molecule has 0 unspecified atom stereocenters. The maximum absolute atomic E-state index is 13.3. The molecule has 0 spiro atoms. The van der Waals surface area contributed by atoms with Crippen molar-refractivity contribution in [1.82, 2.24) is 24.6 Å². The van der Waals surface area contributed by atoms with Crippen LogP contribution in [0, 0.1) is 6.92 Å². The quantitative estimate of drug-likeness (QED) is 0.391. The Labute approximate surface area is 225 Å². The summed E-state index contributed by atoms with van der Waals surface area (Å²) >= 11 is 0. The molecule has 0 saturated heterocycles. The molecule has 202 valence electrons. The first-order chi connectivity index (χ1) is 18.6. The number of rotatable bonds is 5. The molecule has 3 aromatic heterocycles. The van der Waals surface area contributed by atoms with Gasteiger partial charge in [-0.3, -0.25) is 9.36 Å². The largest absolute Gasteiger partial charge is 0.479 e. The van der Waals surface area contributed by atoms with Crippen LogP contribution in [-0.4, -0.2) is 55.8 Å². The van der Waals surface area contributed by atoms with Gasteiger partial charge in [0.15, 0.2) is 0 Å². The highest BCUT2D eigenvalue weighted by Crippen LogP contribution is 2.30. The number of aromatic nitrogens is 4. The van der Waals surface area contributed by atoms with Gasteiger partial charge in [-0.15, -0.1) is 0 Å². The number of nitrogens with zero attached hydrogens (tertiary/aromatic N) is 5. The summed E-state index contributed by atoms with van der Waals surface area (Å²) in [5, 5.41) is 6.97. The molecular formula is C28H30N6O5. The Morgan fingerprint density at radius 2 is 1.87 bits per heavy atom. The summed E-state index contributed by atoms with van der Waals surface area (Å²) in [5.74, 6) is 0.836. The second kappa shape index (κ2) is 10.2. The molecule has 0 saturated carbocycles. The lowest BCUT2D eigenvalue weighted by Gasteiger charge is -2.30. The van der Waals surface area contributed by atoms with Crippen LogP contribution in [0.25, 0.3) is 17.1 Å². The highest BCUT2D eigenvalue weighted by molar-refractivity contribution is 6.09. The molecule has 1 aliphatic heterocycles. The summed E-state index contributed by atoms with van der Waals surface area (Å²) in [7, 11) is 1.49. The van der Waals surface area contributed by atoms with E-state index in [-0.39, 0.29) is 17.9 Å². The normalized spacial score (nSPS) is 13.1. The molecule has 39 heavy (non-hydrogen) atoms. The molecule has 0 atom stereocenters. The van der Waals surface area contributed by atoms with Gasteiger partial charge in [-0.1, -0.05) is 35.5 Å². The van der Waals surface area contributed by atoms with Crippen molar-refractivity contribution >= 4 is 17.7 Å². The van der Waals surface area contributed by atoms with Crippen LogP contribution < -0.4 is 10.1 Å². The van der Waals surface area contributed by atoms with Crippen LogP contribution in [0.15, 0.2) is 53.3 Å². The van der Waals surface area contributed by atoms with E-state index in [9.17, 15) is 9.59 Å². The lowest BCUT2D eigenvalue weighted by molar-refractivity contribution is 0.0220. The van der Waals surface area contributed by atoms with E-state index in [0.29, 0.717) is 48.0 Å². The van der Waals surface area contributed by atoms with E-state index in [1.807, 2.05) is 55.7 Å². The topological polar surface area (TPSA) is 125 Å². The predicted molar refractivity (Wildman–Crippen MR) is 143 cm³/mol. The number of hydrogen-bond donors (Lipinski definition) is 1. The molecule has 1 N–H and O–H groups in total. The predicted octanol–water partition coefficient (Wildman–Crippen LogP) is 4.78. The average Bonchev–Trinajstić information content (AvgIpc) is 3.51. The molecule has 0 fully saturated rings. The Morgan fingerprint density at radius 3 is 2.59 bits per heavy atom. The number of fused-ring (bicyclic) bond motifs is 1. The molecule has 4 heterocycles. The van der Waals surface area contributed by atoms with Gasteiger partial charge in [0.1, 0.15) is 40.5 Å². The van der Waals surface area contributed by atoms with Crippen molar-refractivity contribution in [2.45, 2.75) is 46.3 Å². The number of benzene rings is 1. The standard InChI is InChI=1S/C28H30N6O5/c1-17-23(24(32-39-17)18-9-7-6-8-10-18)25(35)30-19-11-12-22(31-26(19)37-5)34-16-29-20-15-33(14-13-21(20)34)27(36)38-28(2,3)4/h6-12,16H,13-15H2,1-5H3,(H,30,35). The van der Waals surface area contributed by atoms with Gasteiger partial charge >= 0.3 is 6.09 Å². The van der Waals surface area contributed by atoms with Crippen LogP contribution >= 0.6 is 0 Å². The van der Waals surface area contributed by atoms with Gasteiger partial charge in [0.05, 0.1) is 25.0 Å². The summed E-state index contributed by atoms with van der Waals surface area (Å²) in [6.45, 7) is 8.07. The monoisotopic (exact) mass is 530 g/mol. The molecule has 5 rings (SSSR count). The number of hydrogen-bond acceptors (Lipinski definition) is 8. The minimum absolute atomic E-state index is 0.241. The van der Waals surface area contributed by atoms with Gasteiger partial charge in [-0.25, -0.2) is 9.78 Å². The molecule has 0 bridgehead atoms. The van der Waals surface area contributed by atoms with Crippen LogP contribution in [-0.2, 0) is 17.7 Å². The highest BCUT2D eigenvalue weighted by Gasteiger charge is 2.29. The van der Waals surface area contributed by atoms with Crippen molar-refractivity contribution in [1.29, 1.82) is 0 Å². The van der Waals surface area contributed by atoms with Crippen molar-refractivity contribution in [3.05, 3.63) is 71.5 Å². The van der Waals surface area contributed by atoms with Crippen molar-refractivity contribution in [3.8, 4) is 23.0 Å². The first-order valence-electron chi connectivity index (χ1n) is 12.6. The van der Waals surface area contributed by atoms with E-state index in [0.717, 1.165) is 17.0 Å². The number of aryl methyl sites for hydroxylation is 1. The van der Waals surface area contributed by atoms with E-state index in [1.54, 1.807) is 30.3 Å². The smallest absolute Gasteiger partial charge is 0.410 e. The number of carbonyl (C=O) groups is 2. The Morgan fingerprint density at radius 1 is 1.10 bits per heavy atom. The van der Waals surface area contributed by atoms with Crippen molar-refractivity contribution < 1.29 is 23.6 Å². The number of anilines is 1. The minimum Gasteiger partial charge on any atom is -0.479 e. The third-order valence-corrected chi connectivity index (χ3v) is 6.23. The zero-order valence-electron chi connectivity index (χ0n) is 22.5. The number of carbonyl (C=O) groups excluding carboxylic acids is 2. The summed E-state index contributed by atoms with van der Waals surface area (Å²) in [6.07, 6.45) is 1.91. The molecular weight excluding hydrogens is 500 g/mol. The molecule has 11 heteroatoms. The molecule has 11 nitrogen and oxygen atoms in total. The Kier molecular flexibility index (Phi) is 6.81. The number of ether oxygens (including phenoxy) is 2. The fraction of sp³-hybridized carbons (Fsp3) is 0.321. The lowest BCUT2D eigenvalue weighted by atomic mass is 10.1. The fourth-order valence-electron chi connectivity index (χ4n) is 4.42. The van der Waals surface area contributed by atoms with Gasteiger partial charge in [0.2, 0.25) is 5.88 Å². The fourth-order valence-corrected chi connectivity index (χ4v) is 4.42. The summed E-state index contributed by atoms with van der Waals surface area (Å²) in [5.41, 5.74) is 3.14. The van der Waals surface area contributed by atoms with Gasteiger partial charge in [-0.2, -0.15) is 4.98 Å². The maximum atomic E-state index is 13.3.